The van der Waals surface area contributed by atoms with E-state index < -0.39 is 24.5 Å². The van der Waals surface area contributed by atoms with Gasteiger partial charge in [-0.05, 0) is 34.2 Å². The number of aldehydes is 1. The number of carboxylic acids is 1. The third kappa shape index (κ3) is 3.68. The SMILES string of the molecule is O=C[C@H](CC(=O)O)NC(=O)OCc1cccc2c1Cc1ccccc1-2. The Morgan fingerprint density at radius 1 is 1.16 bits per heavy atom. The lowest BCUT2D eigenvalue weighted by Gasteiger charge is -2.13. The van der Waals surface area contributed by atoms with Crippen LogP contribution in [-0.2, 0) is 27.4 Å². The molecule has 6 nitrogen and oxygen atoms in total. The highest BCUT2D eigenvalue weighted by Crippen LogP contribution is 2.38. The molecule has 0 heterocycles. The fourth-order valence-electron chi connectivity index (χ4n) is 3.02. The third-order valence-electron chi connectivity index (χ3n) is 4.17. The summed E-state index contributed by atoms with van der Waals surface area (Å²) in [4.78, 5) is 33.2. The Bertz CT molecular complexity index is 830. The molecule has 0 saturated carbocycles. The van der Waals surface area contributed by atoms with Crippen molar-refractivity contribution in [1.29, 1.82) is 0 Å². The van der Waals surface area contributed by atoms with Gasteiger partial charge in [0.25, 0.3) is 0 Å². The second-order valence-electron chi connectivity index (χ2n) is 5.84. The van der Waals surface area contributed by atoms with Gasteiger partial charge in [-0.25, -0.2) is 4.79 Å². The van der Waals surface area contributed by atoms with Crippen LogP contribution >= 0.6 is 0 Å². The Labute approximate surface area is 144 Å². The number of fused-ring (bicyclic) bond motifs is 3. The van der Waals surface area contributed by atoms with Gasteiger partial charge in [0.2, 0.25) is 0 Å². The van der Waals surface area contributed by atoms with Crippen LogP contribution in [0.25, 0.3) is 11.1 Å². The Hall–Kier alpha value is -3.15. The first-order chi connectivity index (χ1) is 12.1. The molecule has 2 N–H and O–H groups in total. The first-order valence-corrected chi connectivity index (χ1v) is 7.88. The monoisotopic (exact) mass is 339 g/mol. The Morgan fingerprint density at radius 2 is 1.92 bits per heavy atom. The highest BCUT2D eigenvalue weighted by Gasteiger charge is 2.21. The van der Waals surface area contributed by atoms with Crippen molar-refractivity contribution in [3.05, 3.63) is 59.2 Å². The molecule has 1 aliphatic rings. The number of aliphatic carboxylic acids is 1. The van der Waals surface area contributed by atoms with Crippen molar-refractivity contribution >= 4 is 18.3 Å². The van der Waals surface area contributed by atoms with Gasteiger partial charge in [-0.3, -0.25) is 4.79 Å². The molecule has 2 aromatic carbocycles. The maximum Gasteiger partial charge on any atom is 0.408 e. The predicted octanol–water partition coefficient (Wildman–Crippen LogP) is 2.53. The molecule has 0 fully saturated rings. The lowest BCUT2D eigenvalue weighted by Crippen LogP contribution is -2.37. The number of carbonyl (C=O) groups is 3. The predicted molar refractivity (Wildman–Crippen MR) is 90.1 cm³/mol. The number of hydrogen-bond acceptors (Lipinski definition) is 4. The average molecular weight is 339 g/mol. The highest BCUT2D eigenvalue weighted by atomic mass is 16.5. The lowest BCUT2D eigenvalue weighted by atomic mass is 10.0. The van der Waals surface area contributed by atoms with Crippen molar-refractivity contribution in [3.63, 3.8) is 0 Å². The molecule has 1 aliphatic carbocycles. The molecule has 0 radical (unpaired) electrons. The number of amides is 1. The van der Waals surface area contributed by atoms with Gasteiger partial charge < -0.3 is 20.0 Å². The third-order valence-corrected chi connectivity index (χ3v) is 4.17. The minimum Gasteiger partial charge on any atom is -0.481 e. The summed E-state index contributed by atoms with van der Waals surface area (Å²) in [6.45, 7) is 0.0572. The van der Waals surface area contributed by atoms with E-state index in [0.29, 0.717) is 6.29 Å². The van der Waals surface area contributed by atoms with Crippen molar-refractivity contribution in [2.24, 2.45) is 0 Å². The fraction of sp³-hybridized carbons (Fsp3) is 0.211. The van der Waals surface area contributed by atoms with Gasteiger partial charge >= 0.3 is 12.1 Å². The summed E-state index contributed by atoms with van der Waals surface area (Å²) < 4.78 is 5.16. The van der Waals surface area contributed by atoms with Crippen LogP contribution in [0.1, 0.15) is 23.1 Å². The highest BCUT2D eigenvalue weighted by molar-refractivity contribution is 5.79. The summed E-state index contributed by atoms with van der Waals surface area (Å²) in [5.74, 6) is -1.17. The minimum atomic E-state index is -1.17. The van der Waals surface area contributed by atoms with Gasteiger partial charge in [0.15, 0.2) is 0 Å². The molecule has 0 saturated heterocycles. The van der Waals surface area contributed by atoms with Crippen LogP contribution in [0.5, 0.6) is 0 Å². The van der Waals surface area contributed by atoms with Gasteiger partial charge in [-0.15, -0.1) is 0 Å². The number of rotatable bonds is 6. The van der Waals surface area contributed by atoms with E-state index in [1.807, 2.05) is 30.3 Å². The first-order valence-electron chi connectivity index (χ1n) is 7.88. The quantitative estimate of drug-likeness (QED) is 0.673. The normalized spacial score (nSPS) is 12.6. The topological polar surface area (TPSA) is 92.7 Å². The van der Waals surface area contributed by atoms with Crippen molar-refractivity contribution < 1.29 is 24.2 Å². The molecule has 25 heavy (non-hydrogen) atoms. The number of ether oxygens (including phenoxy) is 1. The number of carbonyl (C=O) groups excluding carboxylic acids is 2. The molecule has 2 aromatic rings. The van der Waals surface area contributed by atoms with E-state index in [4.69, 9.17) is 9.84 Å². The van der Waals surface area contributed by atoms with Crippen molar-refractivity contribution in [3.8, 4) is 11.1 Å². The number of nitrogens with one attached hydrogen (secondary N) is 1. The lowest BCUT2D eigenvalue weighted by molar-refractivity contribution is -0.138. The van der Waals surface area contributed by atoms with Gasteiger partial charge in [0, 0.05) is 0 Å². The van der Waals surface area contributed by atoms with E-state index in [1.165, 1.54) is 11.1 Å². The second kappa shape index (κ2) is 7.17. The Morgan fingerprint density at radius 3 is 2.68 bits per heavy atom. The molecule has 128 valence electrons. The second-order valence-corrected chi connectivity index (χ2v) is 5.84. The van der Waals surface area contributed by atoms with Crippen LogP contribution in [0.15, 0.2) is 42.5 Å². The van der Waals surface area contributed by atoms with Crippen LogP contribution in [0.4, 0.5) is 4.79 Å². The van der Waals surface area contributed by atoms with E-state index in [-0.39, 0.29) is 6.61 Å². The number of carboxylic acid groups (broad SMARTS) is 1. The van der Waals surface area contributed by atoms with E-state index in [9.17, 15) is 14.4 Å². The maximum atomic E-state index is 11.8. The largest absolute Gasteiger partial charge is 0.481 e. The van der Waals surface area contributed by atoms with E-state index in [2.05, 4.69) is 17.4 Å². The molecular weight excluding hydrogens is 322 g/mol. The zero-order valence-electron chi connectivity index (χ0n) is 13.4. The zero-order valence-corrected chi connectivity index (χ0v) is 13.4. The maximum absolute atomic E-state index is 11.8. The number of alkyl carbamates (subject to hydrolysis) is 1. The standard InChI is InChI=1S/C19H17NO5/c21-10-14(9-18(22)23)20-19(24)25-11-13-5-3-7-16-15-6-2-1-4-12(15)8-17(13)16/h1-7,10,14H,8-9,11H2,(H,20,24)(H,22,23)/t14-/m0/s1. The Kier molecular flexibility index (Phi) is 4.79. The fourth-order valence-corrected chi connectivity index (χ4v) is 3.02. The summed E-state index contributed by atoms with van der Waals surface area (Å²) >= 11 is 0. The molecule has 3 rings (SSSR count). The minimum absolute atomic E-state index is 0.0572. The van der Waals surface area contributed by atoms with E-state index in [1.54, 1.807) is 0 Å². The first kappa shape index (κ1) is 16.7. The van der Waals surface area contributed by atoms with E-state index in [0.717, 1.165) is 23.1 Å². The van der Waals surface area contributed by atoms with Gasteiger partial charge in [-0.1, -0.05) is 42.5 Å². The van der Waals surface area contributed by atoms with Crippen LogP contribution < -0.4 is 5.32 Å². The summed E-state index contributed by atoms with van der Waals surface area (Å²) in [6.07, 6.45) is -0.129. The van der Waals surface area contributed by atoms with Crippen LogP contribution in [0.3, 0.4) is 0 Å². The smallest absolute Gasteiger partial charge is 0.408 e. The number of hydrogen-bond donors (Lipinski definition) is 2. The molecule has 0 aliphatic heterocycles. The molecular formula is C19H17NO5. The molecule has 0 aromatic heterocycles. The summed E-state index contributed by atoms with van der Waals surface area (Å²) in [7, 11) is 0. The van der Waals surface area contributed by atoms with Gasteiger partial charge in [0.1, 0.15) is 12.9 Å². The molecule has 6 heteroatoms. The summed E-state index contributed by atoms with van der Waals surface area (Å²) in [6, 6.07) is 12.9. The molecule has 0 bridgehead atoms. The van der Waals surface area contributed by atoms with Crippen molar-refractivity contribution in [2.45, 2.75) is 25.5 Å². The molecule has 1 atom stereocenters. The van der Waals surface area contributed by atoms with Crippen LogP contribution in [-0.4, -0.2) is 29.5 Å². The van der Waals surface area contributed by atoms with Gasteiger partial charge in [0.05, 0.1) is 12.5 Å². The zero-order chi connectivity index (χ0) is 17.8. The molecule has 0 spiro atoms. The average Bonchev–Trinajstić information content (AvgIpc) is 2.98. The van der Waals surface area contributed by atoms with Gasteiger partial charge in [-0.2, -0.15) is 0 Å². The van der Waals surface area contributed by atoms with Crippen molar-refractivity contribution in [1.82, 2.24) is 5.32 Å². The molecule has 0 unspecified atom stereocenters. The summed E-state index contributed by atoms with van der Waals surface area (Å²) in [5, 5.41) is 10.9. The van der Waals surface area contributed by atoms with Crippen LogP contribution in [0, 0.1) is 0 Å². The van der Waals surface area contributed by atoms with Crippen molar-refractivity contribution in [2.75, 3.05) is 0 Å². The number of benzene rings is 2. The Balaban J connectivity index is 1.66. The van der Waals surface area contributed by atoms with Crippen LogP contribution in [0.2, 0.25) is 0 Å². The molecule has 1 amide bonds. The van der Waals surface area contributed by atoms with E-state index >= 15 is 0 Å². The summed E-state index contributed by atoms with van der Waals surface area (Å²) in [5.41, 5.74) is 5.57.